The highest BCUT2D eigenvalue weighted by molar-refractivity contribution is 7.00. The van der Waals surface area contributed by atoms with Crippen LogP contribution in [-0.4, -0.2) is 15.8 Å². The third kappa shape index (κ3) is 5.85. The molecule has 0 saturated heterocycles. The summed E-state index contributed by atoms with van der Waals surface area (Å²) in [6.45, 7) is 13.7. The Hall–Kier alpha value is -8.79. The number of nitriles is 1. The van der Waals surface area contributed by atoms with Crippen LogP contribution in [0.15, 0.2) is 194 Å². The Kier molecular flexibility index (Phi) is 8.42. The molecule has 10 aromatic carbocycles. The van der Waals surface area contributed by atoms with Crippen LogP contribution in [0.3, 0.4) is 0 Å². The first-order valence-corrected chi connectivity index (χ1v) is 25.6. The number of benzene rings is 10. The molecule has 2 aromatic heterocycles. The SMILES string of the molecule is CC(C)(C)c1ccc2c(c1)c1cc(C(C)(C)C)ccc1n2-c1ccc2c(c1)N(c1ccc(-c3ccc4ccccc4c3)cc1)c1cc(C#N)cc3c1B2c1cccc2c1N3c1cccc3c4ccccc4n-2c13. The van der Waals surface area contributed by atoms with Gasteiger partial charge in [0.1, 0.15) is 0 Å². The minimum Gasteiger partial charge on any atom is -0.311 e. The van der Waals surface area contributed by atoms with Gasteiger partial charge in [0.05, 0.1) is 50.8 Å². The van der Waals surface area contributed by atoms with Crippen LogP contribution in [0, 0.1) is 11.3 Å². The molecular weight excluding hydrogens is 886 g/mol. The van der Waals surface area contributed by atoms with Gasteiger partial charge in [-0.25, -0.2) is 0 Å². The quantitative estimate of drug-likeness (QED) is 0.166. The molecule has 0 atom stereocenters. The van der Waals surface area contributed by atoms with E-state index in [-0.39, 0.29) is 17.5 Å². The van der Waals surface area contributed by atoms with E-state index in [0.717, 1.165) is 51.1 Å². The Bertz CT molecular complexity index is 4360. The maximum absolute atomic E-state index is 11.1. The second kappa shape index (κ2) is 14.7. The highest BCUT2D eigenvalue weighted by Gasteiger charge is 2.46. The van der Waals surface area contributed by atoms with Crippen LogP contribution in [0.2, 0.25) is 0 Å². The van der Waals surface area contributed by atoms with Crippen molar-refractivity contribution in [2.24, 2.45) is 0 Å². The van der Waals surface area contributed by atoms with Crippen LogP contribution in [-0.2, 0) is 10.8 Å². The number of anilines is 6. The zero-order valence-electron chi connectivity index (χ0n) is 41.8. The zero-order chi connectivity index (χ0) is 49.2. The minimum atomic E-state index is -0.120. The first kappa shape index (κ1) is 41.9. The van der Waals surface area contributed by atoms with Crippen LogP contribution in [0.1, 0.15) is 58.2 Å². The molecule has 0 aliphatic carbocycles. The molecule has 73 heavy (non-hydrogen) atoms. The minimum absolute atomic E-state index is 0.0102. The van der Waals surface area contributed by atoms with Crippen molar-refractivity contribution in [3.8, 4) is 28.6 Å². The van der Waals surface area contributed by atoms with E-state index in [9.17, 15) is 5.26 Å². The summed E-state index contributed by atoms with van der Waals surface area (Å²) in [6, 6.07) is 74.9. The van der Waals surface area contributed by atoms with Crippen molar-refractivity contribution in [3.05, 3.63) is 211 Å². The standard InChI is InChI=1S/C67H50BN5/c1-66(2,3)45-25-31-56-51(36-45)52-37-46(67(4,5)6)26-32-57(52)71(56)48-29-30-53-60(38-48)70(47-27-23-42(24-28-47)44-22-21-41-13-7-8-14-43(41)35-44)61-33-40(39-69)34-62-63(61)68(53)54-17-12-20-59-65(54)73(62)58-19-11-16-50-49-15-9-10-18-55(49)72(59)64(50)58/h7-38H,1-6H3. The van der Waals surface area contributed by atoms with E-state index in [1.165, 1.54) is 87.5 Å². The molecule has 0 radical (unpaired) electrons. The summed E-state index contributed by atoms with van der Waals surface area (Å²) >= 11 is 0. The van der Waals surface area contributed by atoms with Gasteiger partial charge < -0.3 is 18.9 Å². The van der Waals surface area contributed by atoms with Gasteiger partial charge in [0, 0.05) is 50.0 Å². The lowest BCUT2D eigenvalue weighted by atomic mass is 9.33. The largest absolute Gasteiger partial charge is 0.311 e. The Morgan fingerprint density at radius 3 is 1.75 bits per heavy atom. The average Bonchev–Trinajstić information content (AvgIpc) is 3.96. The molecule has 3 aliphatic rings. The molecule has 6 heteroatoms. The number of hydrogen-bond acceptors (Lipinski definition) is 3. The van der Waals surface area contributed by atoms with E-state index < -0.39 is 0 Å². The van der Waals surface area contributed by atoms with Gasteiger partial charge in [0.2, 0.25) is 0 Å². The van der Waals surface area contributed by atoms with Gasteiger partial charge in [-0.1, -0.05) is 151 Å². The van der Waals surface area contributed by atoms with E-state index in [4.69, 9.17) is 0 Å². The third-order valence-electron chi connectivity index (χ3n) is 16.3. The topological polar surface area (TPSA) is 40.1 Å². The molecule has 0 fully saturated rings. The molecule has 0 unspecified atom stereocenters. The molecule has 346 valence electrons. The smallest absolute Gasteiger partial charge is 0.252 e. The van der Waals surface area contributed by atoms with E-state index in [1.54, 1.807) is 0 Å². The molecule has 0 N–H and O–H groups in total. The van der Waals surface area contributed by atoms with E-state index in [2.05, 4.69) is 261 Å². The maximum atomic E-state index is 11.1. The fourth-order valence-electron chi connectivity index (χ4n) is 12.8. The average molecular weight is 936 g/mol. The van der Waals surface area contributed by atoms with Crippen molar-refractivity contribution >= 4 is 112 Å². The molecule has 15 rings (SSSR count). The monoisotopic (exact) mass is 935 g/mol. The number of fused-ring (bicyclic) bond motifs is 13. The van der Waals surface area contributed by atoms with Crippen molar-refractivity contribution in [3.63, 3.8) is 0 Å². The van der Waals surface area contributed by atoms with E-state index in [0.29, 0.717) is 5.56 Å². The first-order valence-electron chi connectivity index (χ1n) is 25.6. The normalized spacial score (nSPS) is 13.5. The lowest BCUT2D eigenvalue weighted by Gasteiger charge is -2.46. The lowest BCUT2D eigenvalue weighted by molar-refractivity contribution is 0.590. The van der Waals surface area contributed by atoms with Gasteiger partial charge in [-0.2, -0.15) is 5.26 Å². The number of nitrogens with zero attached hydrogens (tertiary/aromatic N) is 5. The third-order valence-corrected chi connectivity index (χ3v) is 16.3. The van der Waals surface area contributed by atoms with Crippen molar-refractivity contribution in [2.45, 2.75) is 52.4 Å². The molecule has 5 heterocycles. The number of aromatic nitrogens is 2. The molecule has 3 aliphatic heterocycles. The van der Waals surface area contributed by atoms with Crippen LogP contribution < -0.4 is 26.2 Å². The predicted octanol–water partition coefficient (Wildman–Crippen LogP) is 15.6. The summed E-state index contributed by atoms with van der Waals surface area (Å²) in [4.78, 5) is 4.91. The number of rotatable bonds is 3. The Morgan fingerprint density at radius 2 is 1.03 bits per heavy atom. The van der Waals surface area contributed by atoms with Crippen LogP contribution >= 0.6 is 0 Å². The summed E-state index contributed by atoms with van der Waals surface area (Å²) < 4.78 is 4.95. The fourth-order valence-corrected chi connectivity index (χ4v) is 12.8. The van der Waals surface area contributed by atoms with Gasteiger partial charge >= 0.3 is 0 Å². The van der Waals surface area contributed by atoms with Crippen molar-refractivity contribution in [1.29, 1.82) is 5.26 Å². The summed E-state index contributed by atoms with van der Waals surface area (Å²) in [5.41, 5.74) is 22.7. The van der Waals surface area contributed by atoms with Crippen LogP contribution in [0.4, 0.5) is 34.1 Å². The summed E-state index contributed by atoms with van der Waals surface area (Å²) in [5.74, 6) is 0. The Labute approximate surface area is 425 Å². The van der Waals surface area contributed by atoms with Gasteiger partial charge in [-0.05, 0) is 145 Å². The highest BCUT2D eigenvalue weighted by atomic mass is 15.2. The first-order chi connectivity index (χ1) is 35.4. The zero-order valence-corrected chi connectivity index (χ0v) is 41.8. The Morgan fingerprint density at radius 1 is 0.411 bits per heavy atom. The summed E-state index contributed by atoms with van der Waals surface area (Å²) in [7, 11) is 0. The molecule has 0 bridgehead atoms. The second-order valence-corrected chi connectivity index (χ2v) is 22.5. The molecule has 0 saturated carbocycles. The van der Waals surface area contributed by atoms with Crippen LogP contribution in [0.25, 0.3) is 76.9 Å². The van der Waals surface area contributed by atoms with Gasteiger partial charge in [-0.15, -0.1) is 0 Å². The van der Waals surface area contributed by atoms with E-state index in [1.807, 2.05) is 0 Å². The maximum Gasteiger partial charge on any atom is 0.252 e. The van der Waals surface area contributed by atoms with Gasteiger partial charge in [0.25, 0.3) is 6.71 Å². The van der Waals surface area contributed by atoms with Gasteiger partial charge in [-0.3, -0.25) is 0 Å². The van der Waals surface area contributed by atoms with Crippen molar-refractivity contribution in [1.82, 2.24) is 9.13 Å². The van der Waals surface area contributed by atoms with Crippen molar-refractivity contribution < 1.29 is 0 Å². The number of para-hydroxylation sites is 3. The molecule has 5 nitrogen and oxygen atoms in total. The highest BCUT2D eigenvalue weighted by Crippen LogP contribution is 2.53. The van der Waals surface area contributed by atoms with Gasteiger partial charge in [0.15, 0.2) is 0 Å². The molecular formula is C67H50BN5. The summed E-state index contributed by atoms with van der Waals surface area (Å²) in [6.07, 6.45) is 0. The lowest BCUT2D eigenvalue weighted by Crippen LogP contribution is -2.61. The number of hydrogen-bond donors (Lipinski definition) is 0. The summed E-state index contributed by atoms with van der Waals surface area (Å²) in [5, 5.41) is 18.5. The van der Waals surface area contributed by atoms with Crippen LogP contribution in [0.5, 0.6) is 0 Å². The fraction of sp³-hybridized carbons (Fsp3) is 0.119. The Balaban J connectivity index is 1.01. The second-order valence-electron chi connectivity index (χ2n) is 22.5. The van der Waals surface area contributed by atoms with E-state index >= 15 is 0 Å². The molecule has 12 aromatic rings. The predicted molar refractivity (Wildman–Crippen MR) is 308 cm³/mol. The molecule has 0 amide bonds. The molecule has 0 spiro atoms. The van der Waals surface area contributed by atoms with Crippen molar-refractivity contribution in [2.75, 3.05) is 9.80 Å².